The van der Waals surface area contributed by atoms with Crippen LogP contribution in [0.2, 0.25) is 0 Å². The molecule has 1 aromatic rings. The van der Waals surface area contributed by atoms with Crippen LogP contribution in [0.1, 0.15) is 41.4 Å². The van der Waals surface area contributed by atoms with Crippen LogP contribution < -0.4 is 0 Å². The summed E-state index contributed by atoms with van der Waals surface area (Å²) >= 11 is 12.8. The van der Waals surface area contributed by atoms with Crippen molar-refractivity contribution < 1.29 is 38.4 Å². The molecule has 0 N–H and O–H groups in total. The first-order chi connectivity index (χ1) is 25.9. The number of nitrogens with zero attached hydrogens (tertiary/aromatic N) is 8. The average molecular weight is 1010 g/mol. The van der Waals surface area contributed by atoms with E-state index in [1.54, 1.807) is 19.6 Å². The van der Waals surface area contributed by atoms with E-state index in [4.69, 9.17) is 0 Å². The molecule has 294 valence electrons. The van der Waals surface area contributed by atoms with Gasteiger partial charge in [0, 0.05) is 105 Å². The molecule has 1 aromatic carbocycles. The van der Waals surface area contributed by atoms with Gasteiger partial charge in [-0.25, -0.2) is 0 Å². The van der Waals surface area contributed by atoms with Crippen molar-refractivity contribution in [1.29, 1.82) is 0 Å². The molecule has 0 bridgehead atoms. The van der Waals surface area contributed by atoms with Gasteiger partial charge in [0.1, 0.15) is 0 Å². The lowest BCUT2D eigenvalue weighted by Crippen LogP contribution is -2.53. The molecule has 16 nitrogen and oxygen atoms in total. The highest BCUT2D eigenvalue weighted by Gasteiger charge is 2.36. The Bertz CT molecular complexity index is 1420. The Morgan fingerprint density at radius 2 is 0.463 bits per heavy atom. The number of piperazine rings is 4. The van der Waals surface area contributed by atoms with Crippen LogP contribution in [0.5, 0.6) is 0 Å². The summed E-state index contributed by atoms with van der Waals surface area (Å²) in [7, 11) is 0. The maximum absolute atomic E-state index is 14.4. The third kappa shape index (κ3) is 9.46. The Morgan fingerprint density at radius 3 is 0.611 bits per heavy atom. The van der Waals surface area contributed by atoms with Gasteiger partial charge in [-0.05, 0) is 12.1 Å². The second-order valence-electron chi connectivity index (χ2n) is 13.2. The molecule has 20 heteroatoms. The normalized spacial score (nSPS) is 18.1. The number of halogens is 4. The van der Waals surface area contributed by atoms with Crippen LogP contribution in [0.15, 0.2) is 12.1 Å². The van der Waals surface area contributed by atoms with Crippen LogP contribution in [0, 0.1) is 0 Å². The fraction of sp³-hybridized carbons (Fsp3) is 0.588. The molecule has 4 aliphatic heterocycles. The molecule has 0 unspecified atom stereocenters. The standard InChI is InChI=1S/C34H42Br4N8O8/c35-19-27(47)39-1-9-43(10-2-39)31(51)23-17-25(33(53)45-13-5-41(6-14-45)29(49)21-37)26(34(54)46-15-7-42(8-16-46)30(50)22-38)18-24(23)32(52)44-11-3-40(4-12-44)28(48)20-36/h17-18H,1-16,19-22H2. The van der Waals surface area contributed by atoms with Gasteiger partial charge in [0.25, 0.3) is 23.6 Å². The van der Waals surface area contributed by atoms with E-state index >= 15 is 0 Å². The number of carbonyl (C=O) groups excluding carboxylic acids is 8. The smallest absolute Gasteiger partial charge is 0.254 e. The Morgan fingerprint density at radius 1 is 0.315 bits per heavy atom. The lowest BCUT2D eigenvalue weighted by Gasteiger charge is -2.37. The fourth-order valence-corrected chi connectivity index (χ4v) is 8.38. The number of benzene rings is 1. The topological polar surface area (TPSA) is 162 Å². The van der Waals surface area contributed by atoms with E-state index in [1.807, 2.05) is 0 Å². The summed E-state index contributed by atoms with van der Waals surface area (Å²) in [5.74, 6) is -2.49. The molecule has 0 spiro atoms. The van der Waals surface area contributed by atoms with Crippen molar-refractivity contribution in [2.24, 2.45) is 0 Å². The highest BCUT2D eigenvalue weighted by atomic mass is 79.9. The fourth-order valence-electron chi connectivity index (χ4n) is 6.96. The minimum atomic E-state index is -0.514. The van der Waals surface area contributed by atoms with Gasteiger partial charge in [-0.3, -0.25) is 38.4 Å². The van der Waals surface area contributed by atoms with Crippen molar-refractivity contribution >= 4 is 111 Å². The van der Waals surface area contributed by atoms with Crippen molar-refractivity contribution in [2.75, 3.05) is 126 Å². The van der Waals surface area contributed by atoms with E-state index < -0.39 is 23.6 Å². The van der Waals surface area contributed by atoms with Crippen LogP contribution in [-0.2, 0) is 19.2 Å². The molecule has 8 amide bonds. The number of hydrogen-bond donors (Lipinski definition) is 0. The molecular formula is C34H42Br4N8O8. The molecule has 4 heterocycles. The largest absolute Gasteiger partial charge is 0.338 e. The zero-order valence-electron chi connectivity index (χ0n) is 29.7. The van der Waals surface area contributed by atoms with Gasteiger partial charge in [0.15, 0.2) is 0 Å². The minimum Gasteiger partial charge on any atom is -0.338 e. The Labute approximate surface area is 346 Å². The van der Waals surface area contributed by atoms with Gasteiger partial charge >= 0.3 is 0 Å². The van der Waals surface area contributed by atoms with Gasteiger partial charge in [-0.2, -0.15) is 0 Å². The number of hydrogen-bond acceptors (Lipinski definition) is 8. The van der Waals surface area contributed by atoms with E-state index in [9.17, 15) is 38.4 Å². The zero-order valence-corrected chi connectivity index (χ0v) is 36.0. The summed E-state index contributed by atoms with van der Waals surface area (Å²) in [6.45, 7) is 3.86. The number of rotatable bonds is 8. The van der Waals surface area contributed by atoms with Crippen molar-refractivity contribution in [3.8, 4) is 0 Å². The molecule has 0 atom stereocenters. The minimum absolute atomic E-state index is 0.0417. The monoisotopic (exact) mass is 1010 g/mol. The molecule has 0 aliphatic carbocycles. The van der Waals surface area contributed by atoms with Crippen molar-refractivity contribution in [3.05, 3.63) is 34.4 Å². The van der Waals surface area contributed by atoms with E-state index in [1.165, 1.54) is 31.7 Å². The second-order valence-corrected chi connectivity index (χ2v) is 15.4. The SMILES string of the molecule is O=C(CBr)N1CCN(C(=O)c2cc(C(=O)N3CCN(C(=O)CBr)CC3)c(C(=O)N3CCN(C(=O)CBr)CC3)cc2C(=O)N2CCN(C(=O)CBr)CC2)CC1. The van der Waals surface area contributed by atoms with E-state index in [2.05, 4.69) is 63.7 Å². The predicted octanol–water partition coefficient (Wildman–Crippen LogP) is 0.404. The molecular weight excluding hydrogens is 968 g/mol. The van der Waals surface area contributed by atoms with Gasteiger partial charge in [-0.1, -0.05) is 63.7 Å². The number of amides is 8. The highest BCUT2D eigenvalue weighted by molar-refractivity contribution is 9.10. The van der Waals surface area contributed by atoms with Crippen molar-refractivity contribution in [1.82, 2.24) is 39.2 Å². The van der Waals surface area contributed by atoms with Crippen LogP contribution in [0.25, 0.3) is 0 Å². The molecule has 5 rings (SSSR count). The third-order valence-electron chi connectivity index (χ3n) is 10.2. The number of carbonyl (C=O) groups is 8. The third-order valence-corrected chi connectivity index (χ3v) is 12.1. The first kappa shape index (κ1) is 42.1. The van der Waals surface area contributed by atoms with E-state index in [0.29, 0.717) is 0 Å². The Kier molecular flexibility index (Phi) is 14.9. The van der Waals surface area contributed by atoms with Gasteiger partial charge in [0.2, 0.25) is 23.6 Å². The molecule has 0 radical (unpaired) electrons. The lowest BCUT2D eigenvalue weighted by atomic mass is 9.94. The highest BCUT2D eigenvalue weighted by Crippen LogP contribution is 2.26. The summed E-state index contributed by atoms with van der Waals surface area (Å²) in [5, 5.41) is 0.593. The number of alkyl halides is 4. The van der Waals surface area contributed by atoms with Crippen LogP contribution in [0.3, 0.4) is 0 Å². The molecule has 4 aliphatic rings. The van der Waals surface area contributed by atoms with Gasteiger partial charge in [-0.15, -0.1) is 0 Å². The zero-order chi connectivity index (χ0) is 39.1. The van der Waals surface area contributed by atoms with Crippen molar-refractivity contribution in [3.63, 3.8) is 0 Å². The second kappa shape index (κ2) is 19.2. The van der Waals surface area contributed by atoms with Crippen LogP contribution >= 0.6 is 63.7 Å². The molecule has 0 aromatic heterocycles. The summed E-state index contributed by atoms with van der Waals surface area (Å²) in [4.78, 5) is 120. The summed E-state index contributed by atoms with van der Waals surface area (Å²) in [6.07, 6.45) is 0. The van der Waals surface area contributed by atoms with Crippen LogP contribution in [-0.4, -0.2) is 212 Å². The van der Waals surface area contributed by atoms with E-state index in [-0.39, 0.29) is 172 Å². The summed E-state index contributed by atoms with van der Waals surface area (Å²) in [6, 6.07) is 2.71. The molecule has 4 fully saturated rings. The van der Waals surface area contributed by atoms with Crippen molar-refractivity contribution in [2.45, 2.75) is 0 Å². The quantitative estimate of drug-likeness (QED) is 0.339. The molecule has 0 saturated carbocycles. The Balaban J connectivity index is 1.54. The maximum Gasteiger partial charge on any atom is 0.254 e. The summed E-state index contributed by atoms with van der Waals surface area (Å²) < 4.78 is 0. The molecule has 4 saturated heterocycles. The van der Waals surface area contributed by atoms with Gasteiger partial charge < -0.3 is 39.2 Å². The molecule has 54 heavy (non-hydrogen) atoms. The van der Waals surface area contributed by atoms with E-state index in [0.717, 1.165) is 0 Å². The maximum atomic E-state index is 14.4. The summed E-state index contributed by atoms with van der Waals surface area (Å²) in [5.41, 5.74) is -0.167. The Hall–Kier alpha value is -3.10. The predicted molar refractivity (Wildman–Crippen MR) is 212 cm³/mol. The van der Waals surface area contributed by atoms with Crippen LogP contribution in [0.4, 0.5) is 0 Å². The lowest BCUT2D eigenvalue weighted by molar-refractivity contribution is -0.130. The average Bonchev–Trinajstić information content (AvgIpc) is 3.23. The van der Waals surface area contributed by atoms with Gasteiger partial charge in [0.05, 0.1) is 43.6 Å². The first-order valence-electron chi connectivity index (χ1n) is 17.6. The first-order valence-corrected chi connectivity index (χ1v) is 22.1.